The van der Waals surface area contributed by atoms with Crippen LogP contribution in [0.25, 0.3) is 0 Å². The molecular formula is C26H20BrF7N2O3. The van der Waals surface area contributed by atoms with Gasteiger partial charge in [-0.2, -0.15) is 26.3 Å². The molecule has 0 aromatic heterocycles. The Bertz CT molecular complexity index is 1370. The molecule has 2 unspecified atom stereocenters. The van der Waals surface area contributed by atoms with Crippen LogP contribution < -0.4 is 15.4 Å². The van der Waals surface area contributed by atoms with Gasteiger partial charge in [-0.3, -0.25) is 9.59 Å². The van der Waals surface area contributed by atoms with Crippen LogP contribution in [0.4, 0.5) is 36.4 Å². The number of alkyl halides is 6. The normalized spacial score (nSPS) is 25.0. The highest BCUT2D eigenvalue weighted by atomic mass is 79.9. The van der Waals surface area contributed by atoms with Gasteiger partial charge in [-0.25, -0.2) is 4.39 Å². The molecule has 2 bridgehead atoms. The van der Waals surface area contributed by atoms with Gasteiger partial charge in [0.1, 0.15) is 11.6 Å². The molecule has 3 aliphatic rings. The molecule has 0 radical (unpaired) electrons. The summed E-state index contributed by atoms with van der Waals surface area (Å²) >= 11 is 3.33. The third kappa shape index (κ3) is 5.37. The molecule has 1 heterocycles. The van der Waals surface area contributed by atoms with Crippen molar-refractivity contribution in [2.24, 2.45) is 17.8 Å². The number of allylic oxidation sites excluding steroid dienone is 1. The van der Waals surface area contributed by atoms with Crippen LogP contribution in [0.5, 0.6) is 5.75 Å². The number of benzene rings is 2. The van der Waals surface area contributed by atoms with Crippen LogP contribution >= 0.6 is 15.9 Å². The summed E-state index contributed by atoms with van der Waals surface area (Å²) in [6, 6.07) is 4.12. The van der Waals surface area contributed by atoms with Gasteiger partial charge in [0.15, 0.2) is 0 Å². The third-order valence-electron chi connectivity index (χ3n) is 7.36. The van der Waals surface area contributed by atoms with Crippen molar-refractivity contribution in [3.63, 3.8) is 0 Å². The molecule has 13 heteroatoms. The molecule has 208 valence electrons. The quantitative estimate of drug-likeness (QED) is 0.306. The van der Waals surface area contributed by atoms with Crippen molar-refractivity contribution in [3.8, 4) is 5.75 Å². The summed E-state index contributed by atoms with van der Waals surface area (Å²) in [6.07, 6.45) is -8.49. The molecule has 4 atom stereocenters. The number of carbonyl (C=O) groups excluding carboxylic acids is 2. The lowest BCUT2D eigenvalue weighted by atomic mass is 9.83. The van der Waals surface area contributed by atoms with Gasteiger partial charge in [0.25, 0.3) is 5.91 Å². The number of carbonyl (C=O) groups is 2. The van der Waals surface area contributed by atoms with Crippen LogP contribution in [0.15, 0.2) is 46.5 Å². The van der Waals surface area contributed by atoms with Crippen LogP contribution in [0.1, 0.15) is 34.3 Å². The van der Waals surface area contributed by atoms with E-state index in [1.54, 1.807) is 6.07 Å². The number of anilines is 1. The van der Waals surface area contributed by atoms with E-state index in [4.69, 9.17) is 4.74 Å². The lowest BCUT2D eigenvalue weighted by Gasteiger charge is -2.30. The van der Waals surface area contributed by atoms with Gasteiger partial charge in [0.2, 0.25) is 5.91 Å². The SMILES string of the molecule is O=C(N[C@@H]1C2CCC(/C2=C/C(F)(F)F)[C@@H]1C(=O)Nc1ccc(F)c(C(F)(F)F)c1)c1cc(Br)cc2c1OCC2. The van der Waals surface area contributed by atoms with Gasteiger partial charge in [0, 0.05) is 34.6 Å². The summed E-state index contributed by atoms with van der Waals surface area (Å²) in [6.45, 7) is 0.348. The van der Waals surface area contributed by atoms with Crippen molar-refractivity contribution in [2.45, 2.75) is 37.7 Å². The number of hydrogen-bond acceptors (Lipinski definition) is 3. The molecule has 1 aliphatic heterocycles. The van der Waals surface area contributed by atoms with E-state index in [-0.39, 0.29) is 35.7 Å². The predicted octanol–water partition coefficient (Wildman–Crippen LogP) is 6.42. The van der Waals surface area contributed by atoms with Crippen LogP contribution in [0.2, 0.25) is 0 Å². The van der Waals surface area contributed by atoms with E-state index in [0.717, 1.165) is 11.6 Å². The molecule has 0 spiro atoms. The maximum atomic E-state index is 13.7. The Hall–Kier alpha value is -3.09. The standard InChI is InChI=1S/C26H20BrF7N2O3/c27-12-7-11-5-6-39-22(11)16(8-12)23(37)36-21-15-3-2-14(17(15)10-25(29,30)31)20(21)24(38)35-13-1-4-19(28)18(9-13)26(32,33)34/h1,4,7-10,14-15,20-21H,2-3,5-6H2,(H,35,38)(H,36,37)/b17-10-/t14?,15?,20-,21+/m0/s1. The van der Waals surface area contributed by atoms with E-state index in [1.807, 2.05) is 0 Å². The van der Waals surface area contributed by atoms with E-state index >= 15 is 0 Å². The number of hydrogen-bond donors (Lipinski definition) is 2. The zero-order valence-electron chi connectivity index (χ0n) is 19.9. The summed E-state index contributed by atoms with van der Waals surface area (Å²) in [7, 11) is 0. The van der Waals surface area contributed by atoms with Crippen molar-refractivity contribution < 1.29 is 45.1 Å². The zero-order valence-corrected chi connectivity index (χ0v) is 21.4. The van der Waals surface area contributed by atoms with E-state index in [1.165, 1.54) is 6.07 Å². The molecule has 2 N–H and O–H groups in total. The number of ether oxygens (including phenoxy) is 1. The van der Waals surface area contributed by atoms with E-state index < -0.39 is 59.3 Å². The lowest BCUT2D eigenvalue weighted by molar-refractivity contribution is -0.140. The Morgan fingerprint density at radius 3 is 2.44 bits per heavy atom. The molecule has 0 saturated heterocycles. The fraction of sp³-hybridized carbons (Fsp3) is 0.385. The molecule has 39 heavy (non-hydrogen) atoms. The number of nitrogens with one attached hydrogen (secondary N) is 2. The fourth-order valence-electron chi connectivity index (χ4n) is 5.89. The first-order valence-corrected chi connectivity index (χ1v) is 12.8. The van der Waals surface area contributed by atoms with Crippen molar-refractivity contribution >= 4 is 33.4 Å². The smallest absolute Gasteiger partial charge is 0.419 e. The Labute approximate surface area is 225 Å². The average molecular weight is 621 g/mol. The van der Waals surface area contributed by atoms with Gasteiger partial charge in [-0.15, -0.1) is 0 Å². The largest absolute Gasteiger partial charge is 0.492 e. The monoisotopic (exact) mass is 620 g/mol. The number of rotatable bonds is 4. The molecule has 2 aliphatic carbocycles. The van der Waals surface area contributed by atoms with E-state index in [0.29, 0.717) is 35.4 Å². The second kappa shape index (κ2) is 9.83. The second-order valence-corrected chi connectivity index (χ2v) is 10.6. The van der Waals surface area contributed by atoms with E-state index in [9.17, 15) is 40.3 Å². The third-order valence-corrected chi connectivity index (χ3v) is 7.82. The van der Waals surface area contributed by atoms with E-state index in [2.05, 4.69) is 26.6 Å². The van der Waals surface area contributed by atoms with Gasteiger partial charge in [0.05, 0.1) is 23.7 Å². The van der Waals surface area contributed by atoms with Crippen molar-refractivity contribution in [2.75, 3.05) is 11.9 Å². The van der Waals surface area contributed by atoms with Gasteiger partial charge in [-0.05, 0) is 54.7 Å². The van der Waals surface area contributed by atoms with Crippen molar-refractivity contribution in [1.29, 1.82) is 0 Å². The number of halogens is 8. The van der Waals surface area contributed by atoms with Crippen LogP contribution in [-0.4, -0.2) is 30.6 Å². The highest BCUT2D eigenvalue weighted by molar-refractivity contribution is 9.10. The molecule has 2 amide bonds. The van der Waals surface area contributed by atoms with Gasteiger partial charge < -0.3 is 15.4 Å². The molecule has 2 aromatic rings. The van der Waals surface area contributed by atoms with Crippen LogP contribution in [0.3, 0.4) is 0 Å². The minimum Gasteiger partial charge on any atom is -0.492 e. The Balaban J connectivity index is 1.47. The zero-order chi connectivity index (χ0) is 28.3. The highest BCUT2D eigenvalue weighted by Crippen LogP contribution is 2.54. The van der Waals surface area contributed by atoms with Crippen molar-refractivity contribution in [1.82, 2.24) is 5.32 Å². The summed E-state index contributed by atoms with van der Waals surface area (Å²) in [5, 5.41) is 5.00. The van der Waals surface area contributed by atoms with Gasteiger partial charge in [-0.1, -0.05) is 21.5 Å². The molecular weight excluding hydrogens is 601 g/mol. The maximum absolute atomic E-state index is 13.7. The summed E-state index contributed by atoms with van der Waals surface area (Å²) in [5.41, 5.74) is -1.10. The van der Waals surface area contributed by atoms with Crippen molar-refractivity contribution in [3.05, 3.63) is 69.0 Å². The number of amides is 2. The first-order valence-electron chi connectivity index (χ1n) is 12.0. The number of fused-ring (bicyclic) bond motifs is 3. The molecule has 2 fully saturated rings. The minimum atomic E-state index is -5.03. The summed E-state index contributed by atoms with van der Waals surface area (Å²) in [5.74, 6) is -5.64. The average Bonchev–Trinajstić information content (AvgIpc) is 3.51. The Kier molecular flexibility index (Phi) is 6.92. The lowest BCUT2D eigenvalue weighted by Crippen LogP contribution is -2.48. The second-order valence-electron chi connectivity index (χ2n) is 9.72. The first kappa shape index (κ1) is 27.5. The predicted molar refractivity (Wildman–Crippen MR) is 128 cm³/mol. The highest BCUT2D eigenvalue weighted by Gasteiger charge is 2.56. The molecule has 5 rings (SSSR count). The topological polar surface area (TPSA) is 67.4 Å². The van der Waals surface area contributed by atoms with Gasteiger partial charge >= 0.3 is 12.4 Å². The maximum Gasteiger partial charge on any atom is 0.419 e. The molecule has 2 aromatic carbocycles. The first-order chi connectivity index (χ1) is 18.2. The Morgan fingerprint density at radius 2 is 1.74 bits per heavy atom. The van der Waals surface area contributed by atoms with Crippen LogP contribution in [0, 0.1) is 23.6 Å². The minimum absolute atomic E-state index is 0.0428. The van der Waals surface area contributed by atoms with Crippen LogP contribution in [-0.2, 0) is 17.4 Å². The fourth-order valence-corrected chi connectivity index (χ4v) is 6.40. The molecule has 5 nitrogen and oxygen atoms in total. The molecule has 2 saturated carbocycles. The Morgan fingerprint density at radius 1 is 1.03 bits per heavy atom. The summed E-state index contributed by atoms with van der Waals surface area (Å²) < 4.78 is 99.5. The summed E-state index contributed by atoms with van der Waals surface area (Å²) in [4.78, 5) is 26.7.